The van der Waals surface area contributed by atoms with Crippen molar-refractivity contribution in [2.24, 2.45) is 0 Å². The molecule has 0 N–H and O–H groups in total. The van der Waals surface area contributed by atoms with E-state index in [2.05, 4.69) is 164 Å². The Hall–Kier alpha value is -4.50. The Balaban J connectivity index is 1.27. The van der Waals surface area contributed by atoms with Gasteiger partial charge in [0, 0.05) is 29.3 Å². The van der Waals surface area contributed by atoms with Gasteiger partial charge < -0.3 is 9.80 Å². The molecule has 1 heterocycles. The quantitative estimate of drug-likeness (QED) is 0.209. The molecule has 4 aromatic rings. The van der Waals surface area contributed by atoms with E-state index in [9.17, 15) is 0 Å². The first kappa shape index (κ1) is 26.7. The Morgan fingerprint density at radius 3 is 2.10 bits per heavy atom. The largest absolute Gasteiger partial charge is 0.341 e. The molecule has 1 aliphatic heterocycles. The molecule has 1 aliphatic carbocycles. The Bertz CT molecular complexity index is 1610. The van der Waals surface area contributed by atoms with E-state index in [0.717, 1.165) is 31.4 Å². The van der Waals surface area contributed by atoms with Gasteiger partial charge in [0.25, 0.3) is 0 Å². The average molecular weight is 532 g/mol. The first-order chi connectivity index (χ1) is 20.1. The highest BCUT2D eigenvalue weighted by Gasteiger charge is 2.18. The minimum atomic E-state index is 0.867. The Morgan fingerprint density at radius 2 is 1.44 bits per heavy atom. The Kier molecular flexibility index (Phi) is 8.05. The van der Waals surface area contributed by atoms with Crippen LogP contribution in [0.2, 0.25) is 6.32 Å². The molecule has 3 heteroatoms. The highest BCUT2D eigenvalue weighted by molar-refractivity contribution is 6.48. The maximum Gasteiger partial charge on any atom is 0.179 e. The van der Waals surface area contributed by atoms with Crippen LogP contribution in [0.5, 0.6) is 0 Å². The summed E-state index contributed by atoms with van der Waals surface area (Å²) in [6.07, 6.45) is 14.3. The lowest BCUT2D eigenvalue weighted by Gasteiger charge is -2.30. The number of allylic oxidation sites excluding steroid dienone is 7. The summed E-state index contributed by atoms with van der Waals surface area (Å²) < 4.78 is 0. The molecular weight excluding hydrogens is 495 g/mol. The number of hydrogen-bond donors (Lipinski definition) is 0. The number of para-hydroxylation sites is 1. The second-order valence-corrected chi connectivity index (χ2v) is 10.9. The number of anilines is 3. The summed E-state index contributed by atoms with van der Waals surface area (Å²) in [5, 5.41) is 0. The maximum atomic E-state index is 2.47. The fraction of sp³-hybridized carbons (Fsp3) is 0.158. The van der Waals surface area contributed by atoms with Crippen LogP contribution >= 0.6 is 0 Å². The lowest BCUT2D eigenvalue weighted by molar-refractivity contribution is 0.824. The molecule has 0 atom stereocenters. The van der Waals surface area contributed by atoms with Crippen LogP contribution in [0.15, 0.2) is 150 Å². The third-order valence-corrected chi connectivity index (χ3v) is 7.81. The van der Waals surface area contributed by atoms with E-state index in [1.54, 1.807) is 0 Å². The molecule has 0 saturated heterocycles. The fourth-order valence-corrected chi connectivity index (χ4v) is 5.70. The SMILES string of the molecule is CC1=CC[B]C(N(c2ccccc2)c2ccc(-c3ccc(N(Cc4cccc(C)c4)C4=CC=CCC4)cc3)cc2)=C1. The molecule has 0 spiro atoms. The van der Waals surface area contributed by atoms with Gasteiger partial charge in [0.1, 0.15) is 0 Å². The standard InChI is InChI=1S/C38H36BN2/c1-29-10-9-11-31(26-29)28-40(34-12-5-3-6-13-34)35-20-16-32(17-21-35)33-18-22-37(23-19-33)41(36-14-7-4-8-15-36)38-27-30(2)24-25-39-38/h3-5,7-12,14-24,26-27H,6,13,25,28H2,1-2H3. The average Bonchev–Trinajstić information content (AvgIpc) is 3.02. The molecular formula is C38H36BN2. The molecule has 0 saturated carbocycles. The zero-order valence-corrected chi connectivity index (χ0v) is 24.0. The summed E-state index contributed by atoms with van der Waals surface area (Å²) in [5.41, 5.74) is 12.5. The second kappa shape index (κ2) is 12.3. The van der Waals surface area contributed by atoms with Crippen LogP contribution in [-0.4, -0.2) is 7.28 Å². The van der Waals surface area contributed by atoms with Crippen LogP contribution in [0.1, 0.15) is 30.9 Å². The summed E-state index contributed by atoms with van der Waals surface area (Å²) in [4.78, 5) is 4.81. The molecule has 2 aliphatic rings. The molecule has 2 nitrogen and oxygen atoms in total. The van der Waals surface area contributed by atoms with E-state index in [4.69, 9.17) is 0 Å². The lowest BCUT2D eigenvalue weighted by Crippen LogP contribution is -2.22. The maximum absolute atomic E-state index is 2.47. The predicted molar refractivity (Wildman–Crippen MR) is 177 cm³/mol. The summed E-state index contributed by atoms with van der Waals surface area (Å²) in [5.74, 6) is 0. The molecule has 1 radical (unpaired) electrons. The fourth-order valence-electron chi connectivity index (χ4n) is 5.70. The van der Waals surface area contributed by atoms with Gasteiger partial charge in [-0.25, -0.2) is 0 Å². The first-order valence-electron chi connectivity index (χ1n) is 14.6. The van der Waals surface area contributed by atoms with Crippen molar-refractivity contribution in [3.8, 4) is 11.1 Å². The first-order valence-corrected chi connectivity index (χ1v) is 14.6. The van der Waals surface area contributed by atoms with Crippen molar-refractivity contribution >= 4 is 24.3 Å². The monoisotopic (exact) mass is 531 g/mol. The normalized spacial score (nSPS) is 14.4. The van der Waals surface area contributed by atoms with Gasteiger partial charge in [-0.1, -0.05) is 102 Å². The molecule has 0 unspecified atom stereocenters. The molecule has 0 aromatic heterocycles. The highest BCUT2D eigenvalue weighted by atomic mass is 15.1. The number of benzene rings is 4. The number of rotatable bonds is 8. The van der Waals surface area contributed by atoms with Gasteiger partial charge in [-0.15, -0.1) is 0 Å². The van der Waals surface area contributed by atoms with Crippen LogP contribution in [0.3, 0.4) is 0 Å². The molecule has 41 heavy (non-hydrogen) atoms. The summed E-state index contributed by atoms with van der Waals surface area (Å²) in [6, 6.07) is 37.5. The number of aryl methyl sites for hydroxylation is 1. The predicted octanol–water partition coefficient (Wildman–Crippen LogP) is 9.96. The molecule has 201 valence electrons. The molecule has 0 amide bonds. The third kappa shape index (κ3) is 6.31. The van der Waals surface area contributed by atoms with Crippen molar-refractivity contribution in [1.82, 2.24) is 0 Å². The van der Waals surface area contributed by atoms with Crippen molar-refractivity contribution in [2.75, 3.05) is 9.80 Å². The zero-order valence-electron chi connectivity index (χ0n) is 24.0. The minimum Gasteiger partial charge on any atom is -0.341 e. The van der Waals surface area contributed by atoms with Crippen LogP contribution < -0.4 is 9.80 Å². The van der Waals surface area contributed by atoms with E-state index in [-0.39, 0.29) is 0 Å². The van der Waals surface area contributed by atoms with Gasteiger partial charge in [-0.2, -0.15) is 0 Å². The number of nitrogens with zero attached hydrogens (tertiary/aromatic N) is 2. The van der Waals surface area contributed by atoms with E-state index in [0.29, 0.717) is 0 Å². The zero-order chi connectivity index (χ0) is 28.0. The van der Waals surface area contributed by atoms with Gasteiger partial charge in [0.05, 0.1) is 0 Å². The van der Waals surface area contributed by atoms with Crippen molar-refractivity contribution in [2.45, 2.75) is 39.6 Å². The lowest BCUT2D eigenvalue weighted by atomic mass is 9.66. The molecule has 4 aromatic carbocycles. The highest BCUT2D eigenvalue weighted by Crippen LogP contribution is 2.34. The van der Waals surface area contributed by atoms with Crippen molar-refractivity contribution in [1.29, 1.82) is 0 Å². The Labute approximate surface area is 245 Å². The van der Waals surface area contributed by atoms with Crippen LogP contribution in [-0.2, 0) is 6.54 Å². The minimum absolute atomic E-state index is 0.867. The van der Waals surface area contributed by atoms with Gasteiger partial charge in [0.15, 0.2) is 7.28 Å². The van der Waals surface area contributed by atoms with Crippen LogP contribution in [0, 0.1) is 6.92 Å². The number of hydrogen-bond acceptors (Lipinski definition) is 2. The summed E-state index contributed by atoms with van der Waals surface area (Å²) in [7, 11) is 2.30. The second-order valence-electron chi connectivity index (χ2n) is 10.9. The van der Waals surface area contributed by atoms with Gasteiger partial charge in [-0.3, -0.25) is 0 Å². The third-order valence-electron chi connectivity index (χ3n) is 7.81. The summed E-state index contributed by atoms with van der Waals surface area (Å²) >= 11 is 0. The summed E-state index contributed by atoms with van der Waals surface area (Å²) in [6.45, 7) is 5.21. The molecule has 0 bridgehead atoms. The van der Waals surface area contributed by atoms with Crippen molar-refractivity contribution in [3.63, 3.8) is 0 Å². The van der Waals surface area contributed by atoms with Crippen LogP contribution in [0.25, 0.3) is 11.1 Å². The van der Waals surface area contributed by atoms with Gasteiger partial charge in [-0.05, 0) is 97.5 Å². The topological polar surface area (TPSA) is 6.48 Å². The molecule has 6 rings (SSSR count). The van der Waals surface area contributed by atoms with E-state index in [1.807, 2.05) is 0 Å². The van der Waals surface area contributed by atoms with Crippen LogP contribution in [0.4, 0.5) is 17.1 Å². The van der Waals surface area contributed by atoms with Gasteiger partial charge >= 0.3 is 0 Å². The van der Waals surface area contributed by atoms with E-state index >= 15 is 0 Å². The van der Waals surface area contributed by atoms with E-state index < -0.39 is 0 Å². The van der Waals surface area contributed by atoms with E-state index in [1.165, 1.54) is 50.5 Å². The Morgan fingerprint density at radius 1 is 0.732 bits per heavy atom. The van der Waals surface area contributed by atoms with Crippen molar-refractivity contribution in [3.05, 3.63) is 162 Å². The van der Waals surface area contributed by atoms with Gasteiger partial charge in [0.2, 0.25) is 0 Å². The van der Waals surface area contributed by atoms with Crippen molar-refractivity contribution < 1.29 is 0 Å². The smallest absolute Gasteiger partial charge is 0.179 e. The molecule has 0 fully saturated rings.